The van der Waals surface area contributed by atoms with Crippen LogP contribution in [-0.2, 0) is 21.5 Å². The van der Waals surface area contributed by atoms with Gasteiger partial charge >= 0.3 is 12.1 Å². The number of nitro benzene ring substituents is 1. The van der Waals surface area contributed by atoms with Crippen LogP contribution in [0, 0.1) is 16.0 Å². The Labute approximate surface area is 219 Å². The average Bonchev–Trinajstić information content (AvgIpc) is 3.70. The molecule has 1 amide bonds. The minimum atomic E-state index is -0.752. The third-order valence-electron chi connectivity index (χ3n) is 7.12. The standard InChI is InChI=1S/C30H26N2O6/c1-37-28(33)26-9-5-8-23(27(26)32(35)36)13-10-21-11-14-24(15-12-21)30-16-17-31(19-25(30)18-30)29(34)38-20-22-6-3-2-4-7-22/h2-17,25H,18-20H2,1H3/b13-10+. The fourth-order valence-electron chi connectivity index (χ4n) is 4.95. The molecule has 3 aromatic rings. The van der Waals surface area contributed by atoms with Crippen molar-refractivity contribution in [2.45, 2.75) is 18.4 Å². The molecule has 1 aliphatic heterocycles. The monoisotopic (exact) mass is 510 g/mol. The Morgan fingerprint density at radius 2 is 1.82 bits per heavy atom. The zero-order valence-corrected chi connectivity index (χ0v) is 20.8. The van der Waals surface area contributed by atoms with Gasteiger partial charge in [0.25, 0.3) is 5.69 Å². The highest BCUT2D eigenvalue weighted by atomic mass is 16.6. The Bertz CT molecular complexity index is 1430. The normalized spacial score (nSPS) is 19.6. The van der Waals surface area contributed by atoms with E-state index in [1.165, 1.54) is 13.2 Å². The van der Waals surface area contributed by atoms with Crippen molar-refractivity contribution in [1.82, 2.24) is 4.90 Å². The van der Waals surface area contributed by atoms with E-state index < -0.39 is 10.9 Å². The number of nitro groups is 1. The summed E-state index contributed by atoms with van der Waals surface area (Å²) in [6.45, 7) is 0.844. The van der Waals surface area contributed by atoms with Gasteiger partial charge < -0.3 is 9.47 Å². The number of para-hydroxylation sites is 1. The number of carbonyl (C=O) groups is 2. The largest absolute Gasteiger partial charge is 0.465 e. The molecule has 0 spiro atoms. The van der Waals surface area contributed by atoms with Crippen molar-refractivity contribution in [2.75, 3.05) is 13.7 Å². The van der Waals surface area contributed by atoms with Crippen LogP contribution in [0.3, 0.4) is 0 Å². The topological polar surface area (TPSA) is 99.0 Å². The lowest BCUT2D eigenvalue weighted by Gasteiger charge is -2.25. The molecule has 0 radical (unpaired) electrons. The maximum absolute atomic E-state index is 12.5. The van der Waals surface area contributed by atoms with Crippen LogP contribution in [0.2, 0.25) is 0 Å². The number of fused-ring (bicyclic) bond motifs is 1. The molecule has 1 fully saturated rings. The number of ether oxygens (including phenoxy) is 2. The molecule has 0 saturated heterocycles. The number of nitrogens with zero attached hydrogens (tertiary/aromatic N) is 2. The molecule has 8 nitrogen and oxygen atoms in total. The van der Waals surface area contributed by atoms with Gasteiger partial charge in [-0.3, -0.25) is 15.0 Å². The lowest BCUT2D eigenvalue weighted by atomic mass is 9.90. The van der Waals surface area contributed by atoms with Gasteiger partial charge in [-0.1, -0.05) is 72.8 Å². The number of benzene rings is 3. The molecule has 1 heterocycles. The first-order chi connectivity index (χ1) is 18.4. The molecule has 38 heavy (non-hydrogen) atoms. The van der Waals surface area contributed by atoms with Gasteiger partial charge in [0, 0.05) is 18.2 Å². The Kier molecular flexibility index (Phi) is 6.79. The van der Waals surface area contributed by atoms with Crippen molar-refractivity contribution in [3.8, 4) is 0 Å². The van der Waals surface area contributed by atoms with Crippen molar-refractivity contribution in [2.24, 2.45) is 5.92 Å². The Hall–Kier alpha value is -4.72. The van der Waals surface area contributed by atoms with E-state index in [0.717, 1.165) is 23.1 Å². The van der Waals surface area contributed by atoms with Crippen LogP contribution in [0.15, 0.2) is 85.1 Å². The second-order valence-corrected chi connectivity index (χ2v) is 9.40. The predicted octanol–water partition coefficient (Wildman–Crippen LogP) is 5.98. The van der Waals surface area contributed by atoms with Crippen LogP contribution < -0.4 is 0 Å². The molecule has 0 N–H and O–H groups in total. The number of amides is 1. The summed E-state index contributed by atoms with van der Waals surface area (Å²) in [6.07, 6.45) is 7.90. The Morgan fingerprint density at radius 3 is 2.50 bits per heavy atom. The highest BCUT2D eigenvalue weighted by molar-refractivity contribution is 5.96. The fourth-order valence-corrected chi connectivity index (χ4v) is 4.95. The zero-order chi connectivity index (χ0) is 26.7. The summed E-state index contributed by atoms with van der Waals surface area (Å²) in [7, 11) is 1.19. The first-order valence-corrected chi connectivity index (χ1v) is 12.2. The summed E-state index contributed by atoms with van der Waals surface area (Å²) in [4.78, 5) is 37.2. The van der Waals surface area contributed by atoms with E-state index >= 15 is 0 Å². The summed E-state index contributed by atoms with van der Waals surface area (Å²) in [5.41, 5.74) is 2.83. The van der Waals surface area contributed by atoms with E-state index in [4.69, 9.17) is 4.74 Å². The number of carbonyl (C=O) groups excluding carboxylic acids is 2. The highest BCUT2D eigenvalue weighted by Crippen LogP contribution is 2.57. The van der Waals surface area contributed by atoms with Gasteiger partial charge in [0.2, 0.25) is 0 Å². The number of allylic oxidation sites excluding steroid dienone is 1. The van der Waals surface area contributed by atoms with Gasteiger partial charge in [-0.25, -0.2) is 9.59 Å². The first kappa shape index (κ1) is 25.0. The molecular formula is C30H26N2O6. The second kappa shape index (κ2) is 10.3. The van der Waals surface area contributed by atoms with E-state index in [-0.39, 0.29) is 29.4 Å². The minimum absolute atomic E-state index is 0.0871. The third kappa shape index (κ3) is 4.93. The van der Waals surface area contributed by atoms with Crippen molar-refractivity contribution in [3.63, 3.8) is 0 Å². The van der Waals surface area contributed by atoms with E-state index in [0.29, 0.717) is 18.0 Å². The molecule has 192 valence electrons. The summed E-state index contributed by atoms with van der Waals surface area (Å²) < 4.78 is 10.1. The molecule has 3 aromatic carbocycles. The number of hydrogen-bond acceptors (Lipinski definition) is 6. The summed E-state index contributed by atoms with van der Waals surface area (Å²) >= 11 is 0. The Balaban J connectivity index is 1.26. The van der Waals surface area contributed by atoms with E-state index in [1.54, 1.807) is 29.2 Å². The van der Waals surface area contributed by atoms with Gasteiger partial charge in [-0.05, 0) is 47.2 Å². The molecule has 0 bridgehead atoms. The highest BCUT2D eigenvalue weighted by Gasteiger charge is 2.56. The summed E-state index contributed by atoms with van der Waals surface area (Å²) in [6, 6.07) is 22.2. The minimum Gasteiger partial charge on any atom is -0.465 e. The second-order valence-electron chi connectivity index (χ2n) is 9.40. The van der Waals surface area contributed by atoms with Crippen LogP contribution in [0.1, 0.15) is 39.0 Å². The molecular weight excluding hydrogens is 484 g/mol. The number of esters is 1. The van der Waals surface area contributed by atoms with Gasteiger partial charge in [0.1, 0.15) is 12.2 Å². The van der Waals surface area contributed by atoms with Crippen molar-refractivity contribution >= 4 is 29.9 Å². The van der Waals surface area contributed by atoms with Gasteiger partial charge in [0.15, 0.2) is 0 Å². The van der Waals surface area contributed by atoms with E-state index in [2.05, 4.69) is 10.8 Å². The van der Waals surface area contributed by atoms with Crippen LogP contribution >= 0.6 is 0 Å². The van der Waals surface area contributed by atoms with Gasteiger partial charge in [-0.2, -0.15) is 0 Å². The maximum atomic E-state index is 12.5. The van der Waals surface area contributed by atoms with Crippen molar-refractivity contribution < 1.29 is 24.0 Å². The third-order valence-corrected chi connectivity index (χ3v) is 7.12. The Morgan fingerprint density at radius 1 is 1.05 bits per heavy atom. The molecule has 0 aromatic heterocycles. The predicted molar refractivity (Wildman–Crippen MR) is 142 cm³/mol. The summed E-state index contributed by atoms with van der Waals surface area (Å²) in [5, 5.41) is 11.6. The molecule has 1 saturated carbocycles. The zero-order valence-electron chi connectivity index (χ0n) is 20.8. The van der Waals surface area contributed by atoms with Crippen molar-refractivity contribution in [1.29, 1.82) is 0 Å². The molecule has 2 aliphatic rings. The van der Waals surface area contributed by atoms with E-state index in [9.17, 15) is 19.7 Å². The first-order valence-electron chi connectivity index (χ1n) is 12.2. The molecule has 8 heteroatoms. The lowest BCUT2D eigenvalue weighted by Crippen LogP contribution is -2.33. The quantitative estimate of drug-likeness (QED) is 0.168. The number of methoxy groups -OCH3 is 1. The van der Waals surface area contributed by atoms with Gasteiger partial charge in [0.05, 0.1) is 17.6 Å². The number of hydrogen-bond donors (Lipinski definition) is 0. The lowest BCUT2D eigenvalue weighted by molar-refractivity contribution is -0.385. The van der Waals surface area contributed by atoms with Crippen LogP contribution in [0.5, 0.6) is 0 Å². The van der Waals surface area contributed by atoms with Gasteiger partial charge in [-0.15, -0.1) is 0 Å². The smallest absolute Gasteiger partial charge is 0.414 e. The molecule has 2 atom stereocenters. The van der Waals surface area contributed by atoms with E-state index in [1.807, 2.05) is 60.8 Å². The van der Waals surface area contributed by atoms with Crippen LogP contribution in [-0.4, -0.2) is 35.5 Å². The molecule has 1 aliphatic carbocycles. The van der Waals surface area contributed by atoms with Crippen molar-refractivity contribution in [3.05, 3.63) is 123 Å². The number of rotatable bonds is 7. The van der Waals surface area contributed by atoms with Crippen LogP contribution in [0.4, 0.5) is 10.5 Å². The molecule has 2 unspecified atom stereocenters. The maximum Gasteiger partial charge on any atom is 0.414 e. The van der Waals surface area contributed by atoms with Crippen LogP contribution in [0.25, 0.3) is 12.2 Å². The average molecular weight is 511 g/mol. The SMILES string of the molecule is COC(=O)c1cccc(/C=C/c2ccc(C34C=CN(C(=O)OCc5ccccc5)CC3C4)cc2)c1[N+](=O)[O-]. The summed E-state index contributed by atoms with van der Waals surface area (Å²) in [5.74, 6) is -0.431. The fraction of sp³-hybridized carbons (Fsp3) is 0.200. The molecule has 5 rings (SSSR count).